The van der Waals surface area contributed by atoms with Crippen molar-refractivity contribution < 1.29 is 4.79 Å². The number of H-pyrrole nitrogens is 1. The van der Waals surface area contributed by atoms with Gasteiger partial charge in [0.15, 0.2) is 0 Å². The van der Waals surface area contributed by atoms with Crippen molar-refractivity contribution in [2.45, 2.75) is 41.0 Å². The first-order valence-electron chi connectivity index (χ1n) is 11.5. The van der Waals surface area contributed by atoms with Crippen LogP contribution in [0.3, 0.4) is 0 Å². The van der Waals surface area contributed by atoms with Crippen LogP contribution in [0.2, 0.25) is 0 Å². The van der Waals surface area contributed by atoms with Crippen molar-refractivity contribution in [3.05, 3.63) is 93.4 Å². The Bertz CT molecular complexity index is 1440. The van der Waals surface area contributed by atoms with Crippen molar-refractivity contribution in [3.8, 4) is 11.8 Å². The first kappa shape index (κ1) is 23.1. The van der Waals surface area contributed by atoms with E-state index in [-0.39, 0.29) is 11.5 Å². The molecule has 0 saturated heterocycles. The highest BCUT2D eigenvalue weighted by atomic mass is 16.1. The molecule has 0 spiro atoms. The van der Waals surface area contributed by atoms with E-state index >= 15 is 0 Å². The number of carbonyl (C=O) groups excluding carboxylic acids is 1. The first-order chi connectivity index (χ1) is 16.3. The molecular weight excluding hydrogens is 420 g/mol. The number of carbonyl (C=O) groups is 1. The summed E-state index contributed by atoms with van der Waals surface area (Å²) in [7, 11) is 0. The van der Waals surface area contributed by atoms with Crippen molar-refractivity contribution in [3.63, 3.8) is 0 Å². The van der Waals surface area contributed by atoms with E-state index < -0.39 is 0 Å². The highest BCUT2D eigenvalue weighted by Crippen LogP contribution is 2.28. The van der Waals surface area contributed by atoms with Gasteiger partial charge in [0.1, 0.15) is 11.6 Å². The number of benzene rings is 2. The van der Waals surface area contributed by atoms with Gasteiger partial charge in [-0.15, -0.1) is 0 Å². The number of nitrogens with one attached hydrogen (secondary N) is 2. The number of rotatable bonds is 6. The molecule has 4 rings (SSSR count). The minimum absolute atomic E-state index is 0.108. The molecule has 4 aromatic rings. The number of nitrogens with zero attached hydrogens (tertiary/aromatic N) is 2. The fourth-order valence-corrected chi connectivity index (χ4v) is 4.85. The zero-order valence-corrected chi connectivity index (χ0v) is 20.4. The van der Waals surface area contributed by atoms with Gasteiger partial charge in [-0.25, -0.2) is 0 Å². The number of aryl methyl sites for hydroxylation is 4. The van der Waals surface area contributed by atoms with E-state index in [4.69, 9.17) is 0 Å². The van der Waals surface area contributed by atoms with Gasteiger partial charge in [0.05, 0.1) is 5.69 Å². The van der Waals surface area contributed by atoms with Crippen LogP contribution in [0.4, 0.5) is 0 Å². The second-order valence-corrected chi connectivity index (χ2v) is 8.94. The summed E-state index contributed by atoms with van der Waals surface area (Å²) in [6.07, 6.45) is 4.36. The van der Waals surface area contributed by atoms with Crippen LogP contribution in [0, 0.1) is 45.9 Å². The Morgan fingerprint density at radius 2 is 1.79 bits per heavy atom. The van der Waals surface area contributed by atoms with Gasteiger partial charge in [0, 0.05) is 35.0 Å². The lowest BCUT2D eigenvalue weighted by atomic mass is 10.0. The minimum Gasteiger partial charge on any atom is -0.361 e. The van der Waals surface area contributed by atoms with Gasteiger partial charge in [0.2, 0.25) is 0 Å². The Labute approximate surface area is 200 Å². The summed E-state index contributed by atoms with van der Waals surface area (Å²) in [5, 5.41) is 13.8. The van der Waals surface area contributed by atoms with Gasteiger partial charge in [-0.1, -0.05) is 35.9 Å². The van der Waals surface area contributed by atoms with E-state index in [0.29, 0.717) is 13.0 Å². The predicted octanol–water partition coefficient (Wildman–Crippen LogP) is 5.77. The van der Waals surface area contributed by atoms with Crippen molar-refractivity contribution in [2.75, 3.05) is 6.54 Å². The molecule has 0 aliphatic rings. The Hall–Kier alpha value is -4.04. The SMILES string of the molecule is Cc1cc(C)c(-n2c(C)cc(/C=C(/C#N)C(=O)NCCc3c[nH]c4ccccc34)c2C)c(C)c1. The fraction of sp³-hybridized carbons (Fsp3) is 0.241. The largest absolute Gasteiger partial charge is 0.361 e. The topological polar surface area (TPSA) is 73.6 Å². The summed E-state index contributed by atoms with van der Waals surface area (Å²) < 4.78 is 2.21. The Balaban J connectivity index is 1.54. The number of para-hydroxylation sites is 1. The minimum atomic E-state index is -0.352. The maximum Gasteiger partial charge on any atom is 0.261 e. The van der Waals surface area contributed by atoms with Crippen LogP contribution < -0.4 is 5.32 Å². The number of hydrogen-bond donors (Lipinski definition) is 2. The van der Waals surface area contributed by atoms with Gasteiger partial charge in [-0.3, -0.25) is 4.79 Å². The van der Waals surface area contributed by atoms with Crippen molar-refractivity contribution in [2.24, 2.45) is 0 Å². The van der Waals surface area contributed by atoms with Crippen molar-refractivity contribution in [1.29, 1.82) is 5.26 Å². The molecule has 0 fully saturated rings. The highest BCUT2D eigenvalue weighted by Gasteiger charge is 2.16. The molecule has 2 aromatic carbocycles. The lowest BCUT2D eigenvalue weighted by molar-refractivity contribution is -0.117. The predicted molar refractivity (Wildman–Crippen MR) is 138 cm³/mol. The normalized spacial score (nSPS) is 11.6. The second kappa shape index (κ2) is 9.44. The molecular formula is C29H30N4O. The van der Waals surface area contributed by atoms with Crippen LogP contribution >= 0.6 is 0 Å². The molecule has 0 atom stereocenters. The Morgan fingerprint density at radius 3 is 2.50 bits per heavy atom. The molecule has 1 amide bonds. The van der Waals surface area contributed by atoms with E-state index in [2.05, 4.69) is 66.8 Å². The molecule has 0 bridgehead atoms. The second-order valence-electron chi connectivity index (χ2n) is 8.94. The summed E-state index contributed by atoms with van der Waals surface area (Å²) >= 11 is 0. The lowest BCUT2D eigenvalue weighted by Gasteiger charge is -2.17. The fourth-order valence-electron chi connectivity index (χ4n) is 4.85. The van der Waals surface area contributed by atoms with Crippen LogP contribution in [-0.2, 0) is 11.2 Å². The lowest BCUT2D eigenvalue weighted by Crippen LogP contribution is -2.26. The molecule has 5 nitrogen and oxygen atoms in total. The van der Waals surface area contributed by atoms with E-state index in [1.807, 2.05) is 37.4 Å². The number of fused-ring (bicyclic) bond motifs is 1. The first-order valence-corrected chi connectivity index (χ1v) is 11.5. The molecule has 0 saturated carbocycles. The van der Waals surface area contributed by atoms with Crippen LogP contribution in [0.25, 0.3) is 22.7 Å². The van der Waals surface area contributed by atoms with Crippen molar-refractivity contribution in [1.82, 2.24) is 14.9 Å². The third kappa shape index (κ3) is 4.40. The number of amides is 1. The Kier molecular flexibility index (Phi) is 6.43. The van der Waals surface area contributed by atoms with Crippen LogP contribution in [0.15, 0.2) is 54.2 Å². The van der Waals surface area contributed by atoms with E-state index in [1.165, 1.54) is 16.7 Å². The molecule has 2 aromatic heterocycles. The maximum absolute atomic E-state index is 12.8. The monoisotopic (exact) mass is 450 g/mol. The molecule has 34 heavy (non-hydrogen) atoms. The highest BCUT2D eigenvalue weighted by molar-refractivity contribution is 6.01. The molecule has 2 N–H and O–H groups in total. The molecule has 0 radical (unpaired) electrons. The van der Waals surface area contributed by atoms with Gasteiger partial charge in [-0.2, -0.15) is 5.26 Å². The van der Waals surface area contributed by atoms with Gasteiger partial charge >= 0.3 is 0 Å². The van der Waals surface area contributed by atoms with Crippen molar-refractivity contribution >= 4 is 22.9 Å². The van der Waals surface area contributed by atoms with E-state index in [0.717, 1.165) is 39.1 Å². The summed E-state index contributed by atoms with van der Waals surface area (Å²) in [5.74, 6) is -0.352. The Morgan fingerprint density at radius 1 is 1.09 bits per heavy atom. The molecule has 2 heterocycles. The quantitative estimate of drug-likeness (QED) is 0.289. The van der Waals surface area contributed by atoms with E-state index in [1.54, 1.807) is 6.08 Å². The average Bonchev–Trinajstić information content (AvgIpc) is 3.32. The third-order valence-electron chi connectivity index (χ3n) is 6.35. The van der Waals surface area contributed by atoms with Crippen LogP contribution in [0.1, 0.15) is 39.2 Å². The molecule has 0 unspecified atom stereocenters. The zero-order valence-electron chi connectivity index (χ0n) is 20.4. The van der Waals surface area contributed by atoms with Gasteiger partial charge in [-0.05, 0) is 81.5 Å². The summed E-state index contributed by atoms with van der Waals surface area (Å²) in [6, 6.07) is 16.6. The maximum atomic E-state index is 12.8. The number of hydrogen-bond acceptors (Lipinski definition) is 2. The number of nitriles is 1. The summed E-state index contributed by atoms with van der Waals surface area (Å²) in [5.41, 5.74) is 10.1. The summed E-state index contributed by atoms with van der Waals surface area (Å²) in [4.78, 5) is 16.0. The number of aromatic nitrogens is 2. The zero-order chi connectivity index (χ0) is 24.4. The number of aromatic amines is 1. The van der Waals surface area contributed by atoms with Gasteiger partial charge < -0.3 is 14.9 Å². The van der Waals surface area contributed by atoms with Crippen LogP contribution in [-0.4, -0.2) is 22.0 Å². The van der Waals surface area contributed by atoms with Gasteiger partial charge in [0.25, 0.3) is 5.91 Å². The molecule has 0 aliphatic heterocycles. The van der Waals surface area contributed by atoms with E-state index in [9.17, 15) is 10.1 Å². The third-order valence-corrected chi connectivity index (χ3v) is 6.35. The standard InChI is InChI=1S/C29H30N4O/c1-18-12-19(2)28(20(3)13-18)33-21(4)14-24(22(33)5)15-25(16-30)29(34)31-11-10-23-17-32-27-9-7-6-8-26(23)27/h6-9,12-15,17,32H,10-11H2,1-5H3,(H,31,34)/b25-15-. The van der Waals surface area contributed by atoms with Crippen LogP contribution in [0.5, 0.6) is 0 Å². The average molecular weight is 451 g/mol. The smallest absolute Gasteiger partial charge is 0.261 e. The summed E-state index contributed by atoms with van der Waals surface area (Å²) in [6.45, 7) is 10.9. The molecule has 0 aliphatic carbocycles. The molecule has 172 valence electrons. The molecule has 5 heteroatoms.